The second-order valence-electron chi connectivity index (χ2n) is 7.06. The summed E-state index contributed by atoms with van der Waals surface area (Å²) in [5.41, 5.74) is 1.12. The first-order valence-corrected chi connectivity index (χ1v) is 11.4. The molecule has 1 N–H and O–H groups in total. The van der Waals surface area contributed by atoms with E-state index < -0.39 is 22.5 Å². The van der Waals surface area contributed by atoms with Gasteiger partial charge >= 0.3 is 0 Å². The lowest BCUT2D eigenvalue weighted by atomic mass is 10.1. The molecule has 1 atom stereocenters. The molecule has 0 aliphatic heterocycles. The Hall–Kier alpha value is -3.52. The topological polar surface area (TPSA) is 84.9 Å². The van der Waals surface area contributed by atoms with Crippen LogP contribution >= 0.6 is 0 Å². The molecule has 3 rings (SSSR count). The monoisotopic (exact) mass is 454 g/mol. The van der Waals surface area contributed by atoms with Gasteiger partial charge in [-0.1, -0.05) is 48.5 Å². The van der Waals surface area contributed by atoms with Gasteiger partial charge in [-0.15, -0.1) is 0 Å². The molecule has 8 heteroatoms. The molecular formula is C24H26N2O5S. The molecule has 3 aromatic rings. The van der Waals surface area contributed by atoms with Crippen molar-refractivity contribution in [3.63, 3.8) is 0 Å². The normalized spacial score (nSPS) is 12.0. The van der Waals surface area contributed by atoms with Crippen molar-refractivity contribution in [1.29, 1.82) is 0 Å². The minimum Gasteiger partial charge on any atom is -0.497 e. The van der Waals surface area contributed by atoms with Gasteiger partial charge in [0, 0.05) is 6.07 Å². The van der Waals surface area contributed by atoms with Crippen molar-refractivity contribution < 1.29 is 22.7 Å². The van der Waals surface area contributed by atoms with E-state index in [9.17, 15) is 13.2 Å². The summed E-state index contributed by atoms with van der Waals surface area (Å²) < 4.78 is 38.8. The molecule has 0 saturated heterocycles. The fraction of sp³-hybridized carbons (Fsp3) is 0.208. The molecular weight excluding hydrogens is 428 g/mol. The summed E-state index contributed by atoms with van der Waals surface area (Å²) in [6.45, 7) is 1.41. The largest absolute Gasteiger partial charge is 0.497 e. The number of carbonyl (C=O) groups excluding carboxylic acids is 1. The van der Waals surface area contributed by atoms with E-state index in [1.807, 2.05) is 37.3 Å². The smallest absolute Gasteiger partial charge is 0.264 e. The van der Waals surface area contributed by atoms with Crippen molar-refractivity contribution in [3.05, 3.63) is 84.4 Å². The molecule has 32 heavy (non-hydrogen) atoms. The minimum absolute atomic E-state index is 0.0637. The van der Waals surface area contributed by atoms with Crippen LogP contribution in [0.15, 0.2) is 83.8 Å². The first-order valence-electron chi connectivity index (χ1n) is 10.0. The molecule has 0 aliphatic carbocycles. The molecule has 0 aliphatic rings. The lowest BCUT2D eigenvalue weighted by Crippen LogP contribution is -2.41. The van der Waals surface area contributed by atoms with Crippen molar-refractivity contribution in [3.8, 4) is 11.5 Å². The highest BCUT2D eigenvalue weighted by Crippen LogP contribution is 2.35. The number of methoxy groups -OCH3 is 2. The van der Waals surface area contributed by atoms with E-state index in [2.05, 4.69) is 5.32 Å². The van der Waals surface area contributed by atoms with E-state index in [-0.39, 0.29) is 16.6 Å². The highest BCUT2D eigenvalue weighted by Gasteiger charge is 2.30. The van der Waals surface area contributed by atoms with Crippen LogP contribution in [0.4, 0.5) is 5.69 Å². The van der Waals surface area contributed by atoms with Crippen molar-refractivity contribution >= 4 is 21.6 Å². The Morgan fingerprint density at radius 1 is 0.938 bits per heavy atom. The van der Waals surface area contributed by atoms with E-state index >= 15 is 0 Å². The van der Waals surface area contributed by atoms with Crippen LogP contribution in [-0.4, -0.2) is 35.1 Å². The van der Waals surface area contributed by atoms with Crippen LogP contribution in [-0.2, 0) is 14.8 Å². The van der Waals surface area contributed by atoms with Crippen LogP contribution in [0.2, 0.25) is 0 Å². The third-order valence-electron chi connectivity index (χ3n) is 4.95. The Morgan fingerprint density at radius 2 is 1.56 bits per heavy atom. The Bertz CT molecular complexity index is 1150. The van der Waals surface area contributed by atoms with E-state index in [4.69, 9.17) is 9.47 Å². The Morgan fingerprint density at radius 3 is 2.16 bits per heavy atom. The van der Waals surface area contributed by atoms with Crippen LogP contribution in [0.3, 0.4) is 0 Å². The van der Waals surface area contributed by atoms with E-state index in [0.717, 1.165) is 9.87 Å². The molecule has 0 aromatic heterocycles. The maximum Gasteiger partial charge on any atom is 0.264 e. The van der Waals surface area contributed by atoms with Gasteiger partial charge < -0.3 is 14.8 Å². The third-order valence-corrected chi connectivity index (χ3v) is 6.72. The summed E-state index contributed by atoms with van der Waals surface area (Å²) in [5, 5.41) is 2.87. The van der Waals surface area contributed by atoms with E-state index in [1.54, 1.807) is 30.3 Å². The maximum atomic E-state index is 13.5. The average molecular weight is 455 g/mol. The van der Waals surface area contributed by atoms with Crippen LogP contribution in [0, 0.1) is 0 Å². The Kier molecular flexibility index (Phi) is 7.37. The summed E-state index contributed by atoms with van der Waals surface area (Å²) in [7, 11) is -1.15. The number of anilines is 1. The second-order valence-corrected chi connectivity index (χ2v) is 8.92. The van der Waals surface area contributed by atoms with Crippen LogP contribution < -0.4 is 19.1 Å². The molecule has 7 nitrogen and oxygen atoms in total. The fourth-order valence-corrected chi connectivity index (χ4v) is 4.70. The van der Waals surface area contributed by atoms with Crippen LogP contribution in [0.1, 0.15) is 18.5 Å². The molecule has 0 radical (unpaired) electrons. The van der Waals surface area contributed by atoms with Gasteiger partial charge in [0.2, 0.25) is 5.91 Å². The molecule has 0 bridgehead atoms. The Labute approximate surface area is 188 Å². The minimum atomic E-state index is -4.07. The van der Waals surface area contributed by atoms with Gasteiger partial charge in [0.1, 0.15) is 18.0 Å². The number of carbonyl (C=O) groups is 1. The maximum absolute atomic E-state index is 13.5. The molecule has 0 spiro atoms. The number of nitrogens with one attached hydrogen (secondary N) is 1. The van der Waals surface area contributed by atoms with Gasteiger partial charge in [-0.3, -0.25) is 9.10 Å². The molecule has 0 fully saturated rings. The SMILES string of the molecule is COc1ccc(OC)c(N(CC(=O)NC(C)c2ccccc2)S(=O)(=O)c2ccccc2)c1. The summed E-state index contributed by atoms with van der Waals surface area (Å²) in [6.07, 6.45) is 0. The fourth-order valence-electron chi connectivity index (χ4n) is 3.25. The molecule has 1 amide bonds. The van der Waals surface area contributed by atoms with Gasteiger partial charge in [-0.2, -0.15) is 0 Å². The van der Waals surface area contributed by atoms with Gasteiger partial charge in [0.05, 0.1) is 30.8 Å². The Balaban J connectivity index is 1.99. The number of ether oxygens (including phenoxy) is 2. The lowest BCUT2D eigenvalue weighted by molar-refractivity contribution is -0.120. The number of rotatable bonds is 9. The zero-order valence-electron chi connectivity index (χ0n) is 18.2. The number of hydrogen-bond acceptors (Lipinski definition) is 5. The predicted octanol–water partition coefficient (Wildman–Crippen LogP) is 3.78. The first kappa shape index (κ1) is 23.1. The molecule has 168 valence electrons. The molecule has 0 saturated carbocycles. The number of amides is 1. The summed E-state index contributed by atoms with van der Waals surface area (Å²) in [6, 6.07) is 21.9. The van der Waals surface area contributed by atoms with Gasteiger partial charge in [-0.25, -0.2) is 8.42 Å². The summed E-state index contributed by atoms with van der Waals surface area (Å²) in [4.78, 5) is 13.0. The predicted molar refractivity (Wildman–Crippen MR) is 124 cm³/mol. The molecule has 0 heterocycles. The van der Waals surface area contributed by atoms with Crippen molar-refractivity contribution in [1.82, 2.24) is 5.32 Å². The summed E-state index contributed by atoms with van der Waals surface area (Å²) in [5.74, 6) is 0.284. The second kappa shape index (κ2) is 10.2. The zero-order valence-corrected chi connectivity index (χ0v) is 19.0. The van der Waals surface area contributed by atoms with Crippen molar-refractivity contribution in [2.75, 3.05) is 25.1 Å². The molecule has 3 aromatic carbocycles. The highest BCUT2D eigenvalue weighted by molar-refractivity contribution is 7.92. The standard InChI is InChI=1S/C24H26N2O5S/c1-18(19-10-6-4-7-11-19)25-24(27)17-26(32(28,29)21-12-8-5-9-13-21)22-16-20(30-2)14-15-23(22)31-3/h4-16,18H,17H2,1-3H3,(H,25,27). The van der Waals surface area contributed by atoms with Crippen molar-refractivity contribution in [2.45, 2.75) is 17.9 Å². The van der Waals surface area contributed by atoms with Crippen LogP contribution in [0.5, 0.6) is 11.5 Å². The average Bonchev–Trinajstić information content (AvgIpc) is 2.83. The summed E-state index contributed by atoms with van der Waals surface area (Å²) >= 11 is 0. The van der Waals surface area contributed by atoms with Crippen LogP contribution in [0.25, 0.3) is 0 Å². The molecule has 1 unspecified atom stereocenters. The number of sulfonamides is 1. The number of benzene rings is 3. The third kappa shape index (κ3) is 5.20. The number of hydrogen-bond donors (Lipinski definition) is 1. The lowest BCUT2D eigenvalue weighted by Gasteiger charge is -2.26. The van der Waals surface area contributed by atoms with Gasteiger partial charge in [0.25, 0.3) is 10.0 Å². The van der Waals surface area contributed by atoms with Crippen molar-refractivity contribution in [2.24, 2.45) is 0 Å². The zero-order chi connectivity index (χ0) is 23.1. The first-order chi connectivity index (χ1) is 15.4. The van der Waals surface area contributed by atoms with E-state index in [1.165, 1.54) is 32.4 Å². The van der Waals surface area contributed by atoms with Gasteiger partial charge in [-0.05, 0) is 36.8 Å². The van der Waals surface area contributed by atoms with E-state index in [0.29, 0.717) is 11.5 Å². The highest BCUT2D eigenvalue weighted by atomic mass is 32.2. The van der Waals surface area contributed by atoms with Gasteiger partial charge in [0.15, 0.2) is 0 Å². The quantitative estimate of drug-likeness (QED) is 0.532. The number of nitrogens with zero attached hydrogens (tertiary/aromatic N) is 1.